The van der Waals surface area contributed by atoms with Crippen LogP contribution >= 0.6 is 0 Å². The lowest BCUT2D eigenvalue weighted by atomic mass is 9.88. The summed E-state index contributed by atoms with van der Waals surface area (Å²) >= 11 is 0. The lowest BCUT2D eigenvalue weighted by Crippen LogP contribution is -2.49. The second-order valence-electron chi connectivity index (χ2n) is 12.3. The van der Waals surface area contributed by atoms with Gasteiger partial charge in [0, 0.05) is 32.2 Å². The van der Waals surface area contributed by atoms with E-state index in [4.69, 9.17) is 5.73 Å². The van der Waals surface area contributed by atoms with E-state index >= 15 is 0 Å². The molecule has 4 aromatic rings. The van der Waals surface area contributed by atoms with Gasteiger partial charge >= 0.3 is 0 Å². The first-order valence-corrected chi connectivity index (χ1v) is 16.5. The van der Waals surface area contributed by atoms with Gasteiger partial charge in [0.1, 0.15) is 5.75 Å². The van der Waals surface area contributed by atoms with Crippen LogP contribution in [0.15, 0.2) is 120 Å². The average Bonchev–Trinajstić information content (AvgIpc) is 3.01. The Hall–Kier alpha value is -3.53. The van der Waals surface area contributed by atoms with E-state index in [0.717, 1.165) is 31.6 Å². The number of rotatable bonds is 16. The predicted octanol–water partition coefficient (Wildman–Crippen LogP) is 5.43. The Morgan fingerprint density at radius 3 is 1.73 bits per heavy atom. The summed E-state index contributed by atoms with van der Waals surface area (Å²) in [6.45, 7) is 6.47. The Kier molecular flexibility index (Phi) is 11.7. The lowest BCUT2D eigenvalue weighted by molar-refractivity contribution is 0.102. The highest BCUT2D eigenvalue weighted by Crippen LogP contribution is 2.28. The highest BCUT2D eigenvalue weighted by Gasteiger charge is 2.34. The van der Waals surface area contributed by atoms with Crippen molar-refractivity contribution in [3.8, 4) is 5.75 Å². The Bertz CT molecular complexity index is 1470. The fourth-order valence-corrected chi connectivity index (χ4v) is 6.94. The Morgan fingerprint density at radius 1 is 0.750 bits per heavy atom. The van der Waals surface area contributed by atoms with Gasteiger partial charge in [0.05, 0.1) is 11.0 Å². The van der Waals surface area contributed by atoms with Gasteiger partial charge in [-0.15, -0.1) is 0 Å². The van der Waals surface area contributed by atoms with E-state index in [9.17, 15) is 18.6 Å². The smallest absolute Gasteiger partial charge is 0.243 e. The number of nitrogens with two attached hydrogens (primary N) is 1. The molecule has 0 fully saturated rings. The van der Waals surface area contributed by atoms with Crippen molar-refractivity contribution < 1.29 is 18.6 Å². The van der Waals surface area contributed by atoms with Gasteiger partial charge in [-0.1, -0.05) is 105 Å². The first kappa shape index (κ1) is 33.4. The molecule has 0 unspecified atom stereocenters. The topological polar surface area (TPSA) is 107 Å². The third-order valence-corrected chi connectivity index (χ3v) is 9.71. The van der Waals surface area contributed by atoms with E-state index in [1.165, 1.54) is 39.7 Å². The minimum atomic E-state index is -4.00. The van der Waals surface area contributed by atoms with Crippen LogP contribution in [-0.4, -0.2) is 59.6 Å². The molecule has 8 heteroatoms. The van der Waals surface area contributed by atoms with Gasteiger partial charge in [0.2, 0.25) is 10.0 Å². The average molecular weight is 616 g/mol. The largest absolute Gasteiger partial charge is 0.508 e. The molecule has 0 heterocycles. The summed E-state index contributed by atoms with van der Waals surface area (Å²) in [7, 11) is -4.00. The van der Waals surface area contributed by atoms with E-state index in [2.05, 4.69) is 43.0 Å². The standard InChI is InChI=1S/C36H45N3O4S/c1-36(2,22-23-38(25-30-14-8-4-9-15-30)26-31-16-10-5-11-17-31)28-39(44(42,43)33-20-18-32(40)19-21-33)27-35(41)34(37)24-29-12-6-3-7-13-29/h3-21,34-35,40-41H,22-28,37H2,1-2H3/t34-,35+/m0/s1. The summed E-state index contributed by atoms with van der Waals surface area (Å²) in [6.07, 6.45) is 0.0675. The third kappa shape index (κ3) is 10.0. The summed E-state index contributed by atoms with van der Waals surface area (Å²) in [4.78, 5) is 2.44. The van der Waals surface area contributed by atoms with Crippen molar-refractivity contribution in [2.75, 3.05) is 19.6 Å². The summed E-state index contributed by atoms with van der Waals surface area (Å²) in [6, 6.07) is 35.2. The van der Waals surface area contributed by atoms with Crippen molar-refractivity contribution >= 4 is 10.0 Å². The number of aromatic hydroxyl groups is 1. The molecule has 234 valence electrons. The Morgan fingerprint density at radius 2 is 1.23 bits per heavy atom. The van der Waals surface area contributed by atoms with Crippen LogP contribution in [-0.2, 0) is 29.5 Å². The van der Waals surface area contributed by atoms with E-state index in [-0.39, 0.29) is 23.7 Å². The fourth-order valence-electron chi connectivity index (χ4n) is 5.30. The first-order valence-electron chi connectivity index (χ1n) is 15.1. The third-order valence-electron chi connectivity index (χ3n) is 7.88. The quantitative estimate of drug-likeness (QED) is 0.155. The van der Waals surface area contributed by atoms with Gasteiger partial charge < -0.3 is 15.9 Å². The number of phenols is 1. The minimum absolute atomic E-state index is 0.0160. The Balaban J connectivity index is 1.52. The van der Waals surface area contributed by atoms with Gasteiger partial charge in [-0.05, 0) is 65.8 Å². The molecule has 4 rings (SSSR count). The van der Waals surface area contributed by atoms with E-state index in [1.54, 1.807) is 0 Å². The normalized spacial score (nSPS) is 13.7. The monoisotopic (exact) mass is 615 g/mol. The van der Waals surface area contributed by atoms with Gasteiger partial charge in [-0.25, -0.2) is 8.42 Å². The molecule has 0 saturated carbocycles. The maximum atomic E-state index is 13.9. The van der Waals surface area contributed by atoms with Crippen LogP contribution in [0.25, 0.3) is 0 Å². The number of sulfonamides is 1. The van der Waals surface area contributed by atoms with Crippen LogP contribution in [0.1, 0.15) is 37.0 Å². The molecule has 4 aromatic carbocycles. The zero-order valence-corrected chi connectivity index (χ0v) is 26.5. The summed E-state index contributed by atoms with van der Waals surface area (Å²) in [5.41, 5.74) is 9.37. The molecule has 7 nitrogen and oxygen atoms in total. The number of aliphatic hydroxyl groups is 1. The minimum Gasteiger partial charge on any atom is -0.508 e. The summed E-state index contributed by atoms with van der Waals surface area (Å²) in [5.74, 6) is -0.0160. The first-order chi connectivity index (χ1) is 21.0. The van der Waals surface area contributed by atoms with Crippen molar-refractivity contribution in [1.82, 2.24) is 9.21 Å². The van der Waals surface area contributed by atoms with Crippen molar-refractivity contribution in [2.45, 2.75) is 56.8 Å². The van der Waals surface area contributed by atoms with Crippen LogP contribution < -0.4 is 5.73 Å². The zero-order chi connectivity index (χ0) is 31.6. The predicted molar refractivity (Wildman–Crippen MR) is 176 cm³/mol. The molecule has 2 atom stereocenters. The molecule has 44 heavy (non-hydrogen) atoms. The zero-order valence-electron chi connectivity index (χ0n) is 25.7. The van der Waals surface area contributed by atoms with Crippen LogP contribution in [0.3, 0.4) is 0 Å². The van der Waals surface area contributed by atoms with Crippen molar-refractivity contribution in [3.63, 3.8) is 0 Å². The van der Waals surface area contributed by atoms with Gasteiger partial charge in [-0.3, -0.25) is 4.90 Å². The second kappa shape index (κ2) is 15.5. The SMILES string of the molecule is CC(C)(CCN(Cc1ccccc1)Cc1ccccc1)CN(C[C@@H](O)[C@@H](N)Cc1ccccc1)S(=O)(=O)c1ccc(O)cc1. The molecular formula is C36H45N3O4S. The maximum absolute atomic E-state index is 13.9. The van der Waals surface area contributed by atoms with Gasteiger partial charge in [0.15, 0.2) is 0 Å². The van der Waals surface area contributed by atoms with Crippen LogP contribution in [0.5, 0.6) is 5.75 Å². The molecule has 0 aromatic heterocycles. The molecule has 0 radical (unpaired) electrons. The highest BCUT2D eigenvalue weighted by molar-refractivity contribution is 7.89. The molecule has 4 N–H and O–H groups in total. The van der Waals surface area contributed by atoms with Crippen molar-refractivity contribution in [2.24, 2.45) is 11.1 Å². The van der Waals surface area contributed by atoms with E-state index in [0.29, 0.717) is 6.42 Å². The molecule has 0 spiro atoms. The number of hydrogen-bond acceptors (Lipinski definition) is 6. The van der Waals surface area contributed by atoms with Crippen LogP contribution in [0, 0.1) is 5.41 Å². The Labute approximate surface area is 262 Å². The number of aliphatic hydroxyl groups excluding tert-OH is 1. The molecule has 0 aliphatic rings. The molecular weight excluding hydrogens is 570 g/mol. The molecule has 0 amide bonds. The van der Waals surface area contributed by atoms with E-state index in [1.807, 2.05) is 66.7 Å². The number of nitrogens with zero attached hydrogens (tertiary/aromatic N) is 2. The summed E-state index contributed by atoms with van der Waals surface area (Å²) in [5, 5.41) is 20.9. The van der Waals surface area contributed by atoms with Crippen molar-refractivity contribution in [3.05, 3.63) is 132 Å². The van der Waals surface area contributed by atoms with Crippen LogP contribution in [0.2, 0.25) is 0 Å². The van der Waals surface area contributed by atoms with E-state index < -0.39 is 27.6 Å². The highest BCUT2D eigenvalue weighted by atomic mass is 32.2. The van der Waals surface area contributed by atoms with Gasteiger partial charge in [0.25, 0.3) is 0 Å². The number of benzene rings is 4. The molecule has 0 bridgehead atoms. The maximum Gasteiger partial charge on any atom is 0.243 e. The van der Waals surface area contributed by atoms with Crippen molar-refractivity contribution in [1.29, 1.82) is 0 Å². The molecule has 0 aliphatic heterocycles. The fraction of sp³-hybridized carbons (Fsp3) is 0.333. The van der Waals surface area contributed by atoms with Gasteiger partial charge in [-0.2, -0.15) is 4.31 Å². The van der Waals surface area contributed by atoms with Crippen LogP contribution in [0.4, 0.5) is 0 Å². The molecule has 0 aliphatic carbocycles. The second-order valence-corrected chi connectivity index (χ2v) is 14.2. The lowest BCUT2D eigenvalue weighted by Gasteiger charge is -2.35. The number of hydrogen-bond donors (Lipinski definition) is 3. The number of phenolic OH excluding ortho intramolecular Hbond substituents is 1. The summed E-state index contributed by atoms with van der Waals surface area (Å²) < 4.78 is 29.2. The molecule has 0 saturated heterocycles.